The molecule has 0 aliphatic carbocycles. The van der Waals surface area contributed by atoms with Crippen molar-refractivity contribution in [1.82, 2.24) is 10.3 Å². The van der Waals surface area contributed by atoms with Crippen molar-refractivity contribution < 1.29 is 9.13 Å². The van der Waals surface area contributed by atoms with Gasteiger partial charge < -0.3 is 10.1 Å². The SMILES string of the molecule is CNC(c1ccc(OC)cc1F)c1ncc(Cl)cc1Cl. The molecule has 0 radical (unpaired) electrons. The monoisotopic (exact) mass is 314 g/mol. The van der Waals surface area contributed by atoms with E-state index >= 15 is 0 Å². The fourth-order valence-electron chi connectivity index (χ4n) is 1.95. The highest BCUT2D eigenvalue weighted by atomic mass is 35.5. The van der Waals surface area contributed by atoms with Crippen molar-refractivity contribution in [2.45, 2.75) is 6.04 Å². The number of hydrogen-bond donors (Lipinski definition) is 1. The number of nitrogens with zero attached hydrogens (tertiary/aromatic N) is 1. The smallest absolute Gasteiger partial charge is 0.132 e. The molecule has 0 amide bonds. The maximum absolute atomic E-state index is 14.2. The van der Waals surface area contributed by atoms with Crippen LogP contribution in [0.1, 0.15) is 17.3 Å². The van der Waals surface area contributed by atoms with Gasteiger partial charge in [0.2, 0.25) is 0 Å². The zero-order valence-electron chi connectivity index (χ0n) is 11.0. The van der Waals surface area contributed by atoms with Crippen molar-refractivity contribution in [1.29, 1.82) is 0 Å². The van der Waals surface area contributed by atoms with Gasteiger partial charge in [-0.25, -0.2) is 4.39 Å². The van der Waals surface area contributed by atoms with E-state index in [4.69, 9.17) is 27.9 Å². The van der Waals surface area contributed by atoms with Crippen molar-refractivity contribution in [2.24, 2.45) is 0 Å². The third kappa shape index (κ3) is 3.03. The van der Waals surface area contributed by atoms with E-state index in [0.717, 1.165) is 0 Å². The van der Waals surface area contributed by atoms with E-state index in [-0.39, 0.29) is 0 Å². The lowest BCUT2D eigenvalue weighted by atomic mass is 10.0. The normalized spacial score (nSPS) is 12.2. The van der Waals surface area contributed by atoms with E-state index < -0.39 is 11.9 Å². The Labute approximate surface area is 126 Å². The Bertz CT molecular complexity index is 622. The number of hydrogen-bond acceptors (Lipinski definition) is 3. The van der Waals surface area contributed by atoms with Crippen LogP contribution in [0.25, 0.3) is 0 Å². The number of methoxy groups -OCH3 is 1. The van der Waals surface area contributed by atoms with Gasteiger partial charge in [0.15, 0.2) is 0 Å². The number of halogens is 3. The van der Waals surface area contributed by atoms with Gasteiger partial charge in [-0.05, 0) is 19.2 Å². The average molecular weight is 315 g/mol. The Morgan fingerprint density at radius 1 is 1.30 bits per heavy atom. The van der Waals surface area contributed by atoms with Crippen LogP contribution < -0.4 is 10.1 Å². The number of pyridine rings is 1. The van der Waals surface area contributed by atoms with Crippen LogP contribution in [-0.2, 0) is 0 Å². The van der Waals surface area contributed by atoms with E-state index in [9.17, 15) is 4.39 Å². The van der Waals surface area contributed by atoms with E-state index in [2.05, 4.69) is 10.3 Å². The molecule has 1 heterocycles. The maximum atomic E-state index is 14.2. The molecular formula is C14H13Cl2FN2O. The first-order valence-corrected chi connectivity index (χ1v) is 6.64. The standard InChI is InChI=1S/C14H13Cl2FN2O/c1-18-13(14-11(16)5-8(15)7-19-14)10-4-3-9(20-2)6-12(10)17/h3-7,13,18H,1-2H3. The molecule has 2 rings (SSSR count). The summed E-state index contributed by atoms with van der Waals surface area (Å²) in [6, 6.07) is 5.76. The van der Waals surface area contributed by atoms with Gasteiger partial charge >= 0.3 is 0 Å². The minimum absolute atomic E-state index is 0.382. The molecule has 0 aliphatic rings. The lowest BCUT2D eigenvalue weighted by Crippen LogP contribution is -2.20. The summed E-state index contributed by atoms with van der Waals surface area (Å²) in [4.78, 5) is 4.18. The molecule has 6 heteroatoms. The summed E-state index contributed by atoms with van der Waals surface area (Å²) in [5.74, 6) is 0.0628. The molecule has 0 fully saturated rings. The Balaban J connectivity index is 2.47. The van der Waals surface area contributed by atoms with Crippen molar-refractivity contribution in [3.8, 4) is 5.75 Å². The highest BCUT2D eigenvalue weighted by Crippen LogP contribution is 2.30. The van der Waals surface area contributed by atoms with E-state index in [1.165, 1.54) is 19.4 Å². The number of rotatable bonds is 4. The Hall–Kier alpha value is -1.36. The first-order valence-electron chi connectivity index (χ1n) is 5.88. The highest BCUT2D eigenvalue weighted by Gasteiger charge is 2.20. The summed E-state index contributed by atoms with van der Waals surface area (Å²) in [5.41, 5.74) is 0.952. The van der Waals surface area contributed by atoms with Crippen LogP contribution >= 0.6 is 23.2 Å². The lowest BCUT2D eigenvalue weighted by Gasteiger charge is -2.18. The first kappa shape index (κ1) is 15.0. The number of ether oxygens (including phenoxy) is 1. The van der Waals surface area contributed by atoms with Gasteiger partial charge in [-0.3, -0.25) is 4.98 Å². The molecule has 1 unspecified atom stereocenters. The second-order valence-corrected chi connectivity index (χ2v) is 4.97. The van der Waals surface area contributed by atoms with Gasteiger partial charge in [-0.1, -0.05) is 29.3 Å². The fraction of sp³-hybridized carbons (Fsp3) is 0.214. The summed E-state index contributed by atoms with van der Waals surface area (Å²) >= 11 is 12.0. The quantitative estimate of drug-likeness (QED) is 0.931. The molecule has 1 aromatic heterocycles. The summed E-state index contributed by atoms with van der Waals surface area (Å²) in [6.07, 6.45) is 1.48. The van der Waals surface area contributed by atoms with Gasteiger partial charge in [-0.2, -0.15) is 0 Å². The molecule has 1 aromatic carbocycles. The van der Waals surface area contributed by atoms with Crippen LogP contribution in [0.4, 0.5) is 4.39 Å². The molecule has 106 valence electrons. The fourth-order valence-corrected chi connectivity index (χ4v) is 2.44. The van der Waals surface area contributed by atoms with E-state index in [1.54, 1.807) is 25.2 Å². The van der Waals surface area contributed by atoms with Gasteiger partial charge in [0, 0.05) is 17.8 Å². The number of nitrogens with one attached hydrogen (secondary N) is 1. The number of aromatic nitrogens is 1. The molecule has 2 aromatic rings. The Morgan fingerprint density at radius 3 is 2.60 bits per heavy atom. The molecule has 0 bridgehead atoms. The minimum atomic E-state index is -0.467. The molecule has 20 heavy (non-hydrogen) atoms. The van der Waals surface area contributed by atoms with Crippen LogP contribution in [-0.4, -0.2) is 19.1 Å². The third-order valence-electron chi connectivity index (χ3n) is 2.92. The predicted octanol–water partition coefficient (Wildman–Crippen LogP) is 3.84. The second kappa shape index (κ2) is 6.39. The second-order valence-electron chi connectivity index (χ2n) is 4.13. The van der Waals surface area contributed by atoms with Crippen LogP contribution in [0.3, 0.4) is 0 Å². The van der Waals surface area contributed by atoms with Crippen LogP contribution in [0.5, 0.6) is 5.75 Å². The van der Waals surface area contributed by atoms with Gasteiger partial charge in [0.25, 0.3) is 0 Å². The molecule has 0 saturated heterocycles. The van der Waals surface area contributed by atoms with Crippen LogP contribution in [0, 0.1) is 5.82 Å². The first-order chi connectivity index (χ1) is 9.56. The molecule has 1 atom stereocenters. The summed E-state index contributed by atoms with van der Waals surface area (Å²) in [7, 11) is 3.20. The largest absolute Gasteiger partial charge is 0.497 e. The van der Waals surface area contributed by atoms with Crippen molar-refractivity contribution in [2.75, 3.05) is 14.2 Å². The average Bonchev–Trinajstić information content (AvgIpc) is 2.43. The van der Waals surface area contributed by atoms with E-state index in [0.29, 0.717) is 27.1 Å². The highest BCUT2D eigenvalue weighted by molar-refractivity contribution is 6.34. The zero-order valence-corrected chi connectivity index (χ0v) is 12.5. The summed E-state index contributed by atoms with van der Waals surface area (Å²) in [5, 5.41) is 3.82. The molecule has 3 nitrogen and oxygen atoms in total. The summed E-state index contributed by atoms with van der Waals surface area (Å²) < 4.78 is 19.1. The molecule has 1 N–H and O–H groups in total. The Morgan fingerprint density at radius 2 is 2.05 bits per heavy atom. The molecule has 0 saturated carbocycles. The topological polar surface area (TPSA) is 34.1 Å². The van der Waals surface area contributed by atoms with Gasteiger partial charge in [-0.15, -0.1) is 0 Å². The van der Waals surface area contributed by atoms with Gasteiger partial charge in [0.05, 0.1) is 28.9 Å². The van der Waals surface area contributed by atoms with Gasteiger partial charge in [0.1, 0.15) is 11.6 Å². The molecule has 0 spiro atoms. The predicted molar refractivity (Wildman–Crippen MR) is 78.1 cm³/mol. The lowest BCUT2D eigenvalue weighted by molar-refractivity contribution is 0.410. The van der Waals surface area contributed by atoms with E-state index in [1.807, 2.05) is 0 Å². The van der Waals surface area contributed by atoms with Crippen molar-refractivity contribution in [3.63, 3.8) is 0 Å². The number of benzene rings is 1. The molecular weight excluding hydrogens is 302 g/mol. The van der Waals surface area contributed by atoms with Crippen LogP contribution in [0.15, 0.2) is 30.5 Å². The maximum Gasteiger partial charge on any atom is 0.132 e. The Kier molecular flexibility index (Phi) is 4.81. The van der Waals surface area contributed by atoms with Crippen molar-refractivity contribution >= 4 is 23.2 Å². The summed E-state index contributed by atoms with van der Waals surface area (Å²) in [6.45, 7) is 0. The minimum Gasteiger partial charge on any atom is -0.497 e. The molecule has 0 aliphatic heterocycles. The zero-order chi connectivity index (χ0) is 14.7. The van der Waals surface area contributed by atoms with Crippen molar-refractivity contribution in [3.05, 3.63) is 57.6 Å². The van der Waals surface area contributed by atoms with Crippen LogP contribution in [0.2, 0.25) is 10.0 Å². The third-order valence-corrected chi connectivity index (χ3v) is 3.43.